The smallest absolute Gasteiger partial charge is 0.0728 e. The van der Waals surface area contributed by atoms with E-state index in [0.717, 1.165) is 57.5 Å². The molecule has 3 nitrogen and oxygen atoms in total. The van der Waals surface area contributed by atoms with Crippen LogP contribution in [0, 0.1) is 5.92 Å². The van der Waals surface area contributed by atoms with Crippen molar-refractivity contribution in [1.82, 2.24) is 9.80 Å². The summed E-state index contributed by atoms with van der Waals surface area (Å²) in [7, 11) is 2.18. The Balaban J connectivity index is 1.70. The molecule has 134 valence electrons. The molecule has 0 radical (unpaired) electrons. The average Bonchev–Trinajstić information content (AvgIpc) is 2.55. The molecule has 1 saturated carbocycles. The molecule has 1 aliphatic carbocycles. The summed E-state index contributed by atoms with van der Waals surface area (Å²) in [6.45, 7) is 5.44. The molecule has 0 aromatic heterocycles. The van der Waals surface area contributed by atoms with Gasteiger partial charge in [0.1, 0.15) is 0 Å². The monoisotopic (exact) mass is 370 g/mol. The molecule has 2 fully saturated rings. The Hall–Kier alpha value is -0.320. The van der Waals surface area contributed by atoms with Crippen LogP contribution < -0.4 is 0 Å². The van der Waals surface area contributed by atoms with Crippen LogP contribution in [0.1, 0.15) is 31.2 Å². The molecule has 1 heterocycles. The molecule has 5 heteroatoms. The number of likely N-dealkylation sites (N-methyl/N-ethyl adjacent to an activating group) is 1. The maximum absolute atomic E-state index is 11.4. The topological polar surface area (TPSA) is 26.7 Å². The molecule has 24 heavy (non-hydrogen) atoms. The van der Waals surface area contributed by atoms with Crippen LogP contribution in [-0.4, -0.2) is 60.3 Å². The molecule has 1 N–H and O–H groups in total. The van der Waals surface area contributed by atoms with E-state index in [1.54, 1.807) is 6.07 Å². The zero-order valence-electron chi connectivity index (χ0n) is 14.5. The maximum atomic E-state index is 11.4. The van der Waals surface area contributed by atoms with Crippen molar-refractivity contribution in [1.29, 1.82) is 0 Å². The van der Waals surface area contributed by atoms with Crippen LogP contribution in [-0.2, 0) is 6.42 Å². The van der Waals surface area contributed by atoms with Gasteiger partial charge in [0.2, 0.25) is 0 Å². The first-order valence-corrected chi connectivity index (χ1v) is 9.79. The first-order valence-electron chi connectivity index (χ1n) is 9.03. The van der Waals surface area contributed by atoms with Crippen molar-refractivity contribution in [2.45, 2.75) is 37.7 Å². The number of nitrogens with zero attached hydrogens (tertiary/aromatic N) is 2. The van der Waals surface area contributed by atoms with Crippen molar-refractivity contribution in [3.05, 3.63) is 33.8 Å². The summed E-state index contributed by atoms with van der Waals surface area (Å²) in [6, 6.07) is 5.61. The van der Waals surface area contributed by atoms with Gasteiger partial charge >= 0.3 is 0 Å². The number of piperazine rings is 1. The van der Waals surface area contributed by atoms with Gasteiger partial charge in [0.25, 0.3) is 0 Å². The van der Waals surface area contributed by atoms with E-state index >= 15 is 0 Å². The first kappa shape index (κ1) is 18.5. The molecule has 2 aliphatic rings. The summed E-state index contributed by atoms with van der Waals surface area (Å²) < 4.78 is 0. The number of benzene rings is 1. The van der Waals surface area contributed by atoms with Crippen molar-refractivity contribution in [3.8, 4) is 0 Å². The molecule has 2 atom stereocenters. The molecule has 0 amide bonds. The van der Waals surface area contributed by atoms with Crippen molar-refractivity contribution in [2.24, 2.45) is 5.92 Å². The van der Waals surface area contributed by atoms with Gasteiger partial charge in [-0.05, 0) is 37.6 Å². The van der Waals surface area contributed by atoms with Crippen molar-refractivity contribution >= 4 is 23.2 Å². The van der Waals surface area contributed by atoms with Crippen LogP contribution in [0.15, 0.2) is 18.2 Å². The lowest BCUT2D eigenvalue weighted by Crippen LogP contribution is -2.52. The Morgan fingerprint density at radius 2 is 1.92 bits per heavy atom. The third-order valence-electron chi connectivity index (χ3n) is 5.76. The summed E-state index contributed by atoms with van der Waals surface area (Å²) in [6.07, 6.45) is 4.91. The van der Waals surface area contributed by atoms with E-state index < -0.39 is 5.60 Å². The van der Waals surface area contributed by atoms with E-state index in [-0.39, 0.29) is 0 Å². The number of halogens is 2. The van der Waals surface area contributed by atoms with E-state index in [0.29, 0.717) is 22.4 Å². The number of aliphatic hydroxyl groups is 1. The number of rotatable bonds is 4. The quantitative estimate of drug-likeness (QED) is 0.874. The largest absolute Gasteiger partial charge is 0.389 e. The lowest BCUT2D eigenvalue weighted by atomic mass is 9.72. The molecule has 0 spiro atoms. The van der Waals surface area contributed by atoms with Gasteiger partial charge in [-0.1, -0.05) is 42.1 Å². The Morgan fingerprint density at radius 1 is 1.17 bits per heavy atom. The fraction of sp³-hybridized carbons (Fsp3) is 0.684. The van der Waals surface area contributed by atoms with Gasteiger partial charge in [0.05, 0.1) is 5.60 Å². The van der Waals surface area contributed by atoms with E-state index in [9.17, 15) is 5.11 Å². The van der Waals surface area contributed by atoms with Gasteiger partial charge in [0.15, 0.2) is 0 Å². The van der Waals surface area contributed by atoms with E-state index in [2.05, 4.69) is 16.8 Å². The second-order valence-corrected chi connectivity index (χ2v) is 8.41. The van der Waals surface area contributed by atoms with E-state index in [1.807, 2.05) is 12.1 Å². The van der Waals surface area contributed by atoms with Crippen LogP contribution in [0.5, 0.6) is 0 Å². The number of hydrogen-bond donors (Lipinski definition) is 1. The van der Waals surface area contributed by atoms with Gasteiger partial charge in [-0.2, -0.15) is 0 Å². The zero-order valence-corrected chi connectivity index (χ0v) is 16.0. The van der Waals surface area contributed by atoms with Gasteiger partial charge in [-0.25, -0.2) is 0 Å². The highest BCUT2D eigenvalue weighted by molar-refractivity contribution is 6.35. The fourth-order valence-corrected chi connectivity index (χ4v) is 4.60. The van der Waals surface area contributed by atoms with Gasteiger partial charge in [-0.3, -0.25) is 0 Å². The molecule has 0 bridgehead atoms. The highest BCUT2D eigenvalue weighted by atomic mass is 35.5. The zero-order chi connectivity index (χ0) is 17.2. The van der Waals surface area contributed by atoms with E-state index in [1.165, 1.54) is 6.42 Å². The van der Waals surface area contributed by atoms with Crippen LogP contribution in [0.3, 0.4) is 0 Å². The molecule has 1 aliphatic heterocycles. The minimum atomic E-state index is -0.654. The minimum Gasteiger partial charge on any atom is -0.389 e. The van der Waals surface area contributed by atoms with Gasteiger partial charge in [0, 0.05) is 55.1 Å². The molecule has 2 unspecified atom stereocenters. The highest BCUT2D eigenvalue weighted by Gasteiger charge is 2.40. The highest BCUT2D eigenvalue weighted by Crippen LogP contribution is 2.38. The number of hydrogen-bond acceptors (Lipinski definition) is 3. The predicted octanol–water partition coefficient (Wildman–Crippen LogP) is 3.70. The minimum absolute atomic E-state index is 0.321. The summed E-state index contributed by atoms with van der Waals surface area (Å²) in [5.74, 6) is 0.321. The molecular formula is C19H28Cl2N2O. The van der Waals surface area contributed by atoms with Gasteiger partial charge in [-0.15, -0.1) is 0 Å². The molecule has 1 aromatic rings. The molecular weight excluding hydrogens is 343 g/mol. The summed E-state index contributed by atoms with van der Waals surface area (Å²) in [5, 5.41) is 12.7. The summed E-state index contributed by atoms with van der Waals surface area (Å²) in [4.78, 5) is 4.89. The van der Waals surface area contributed by atoms with Gasteiger partial charge < -0.3 is 14.9 Å². The average molecular weight is 371 g/mol. The normalized spacial score (nSPS) is 29.8. The van der Waals surface area contributed by atoms with Crippen molar-refractivity contribution in [2.75, 3.05) is 39.8 Å². The second-order valence-electron chi connectivity index (χ2n) is 7.56. The Morgan fingerprint density at radius 3 is 2.62 bits per heavy atom. The lowest BCUT2D eigenvalue weighted by molar-refractivity contribution is -0.0620. The third-order valence-corrected chi connectivity index (χ3v) is 6.35. The standard InChI is InChI=1S/C19H28Cl2N2O/c1-22-8-10-23(11-9-22)14-16-4-2-3-7-19(16,24)13-15-5-6-17(20)12-18(15)21/h5-6,12,16,24H,2-4,7-11,13-14H2,1H3. The Labute approximate surface area is 155 Å². The maximum Gasteiger partial charge on any atom is 0.0728 e. The third kappa shape index (κ3) is 4.44. The van der Waals surface area contributed by atoms with Crippen molar-refractivity contribution in [3.63, 3.8) is 0 Å². The molecule has 3 rings (SSSR count). The first-order chi connectivity index (χ1) is 11.5. The summed E-state index contributed by atoms with van der Waals surface area (Å²) in [5.41, 5.74) is 0.354. The second kappa shape index (κ2) is 7.92. The predicted molar refractivity (Wildman–Crippen MR) is 101 cm³/mol. The van der Waals surface area contributed by atoms with Crippen LogP contribution in [0.2, 0.25) is 10.0 Å². The van der Waals surface area contributed by atoms with Crippen LogP contribution in [0.25, 0.3) is 0 Å². The lowest BCUT2D eigenvalue weighted by Gasteiger charge is -2.44. The van der Waals surface area contributed by atoms with Crippen molar-refractivity contribution < 1.29 is 5.11 Å². The van der Waals surface area contributed by atoms with Crippen LogP contribution in [0.4, 0.5) is 0 Å². The Bertz CT molecular complexity index is 560. The van der Waals surface area contributed by atoms with Crippen LogP contribution >= 0.6 is 23.2 Å². The SMILES string of the molecule is CN1CCN(CC2CCCCC2(O)Cc2ccc(Cl)cc2Cl)CC1. The Kier molecular flexibility index (Phi) is 6.10. The molecule has 1 aromatic carbocycles. The summed E-state index contributed by atoms with van der Waals surface area (Å²) >= 11 is 12.4. The molecule has 1 saturated heterocycles. The fourth-order valence-electron chi connectivity index (χ4n) is 4.13. The van der Waals surface area contributed by atoms with E-state index in [4.69, 9.17) is 23.2 Å².